The summed E-state index contributed by atoms with van der Waals surface area (Å²) in [6.07, 6.45) is -0.319. The number of nitrogens with zero attached hydrogens (tertiary/aromatic N) is 2. The van der Waals surface area contributed by atoms with Gasteiger partial charge in [0.05, 0.1) is 13.7 Å². The van der Waals surface area contributed by atoms with Crippen LogP contribution < -0.4 is 19.8 Å². The molecule has 0 spiro atoms. The predicted molar refractivity (Wildman–Crippen MR) is 107 cm³/mol. The molecule has 174 valence electrons. The standard InChI is InChI=1S/C18H19F3N4O6S/c1-29-6-5-25-4-3-10-13(8-22-15(10)18(25)26)32(27,28)24-12-7-11(19)16(23-17(12)30-2)31-9-14(20)21/h3-4,7-8,14,22,24H,5-6,9H2,1-2H3. The molecule has 0 aliphatic rings. The molecule has 0 fully saturated rings. The Labute approximate surface area is 180 Å². The van der Waals surface area contributed by atoms with Crippen LogP contribution >= 0.6 is 0 Å². The summed E-state index contributed by atoms with van der Waals surface area (Å²) in [6.45, 7) is -0.545. The SMILES string of the molecule is COCCn1ccc2c(S(=O)(=O)Nc3cc(F)c(OCC(F)F)nc3OC)c[nH]c2c1=O. The van der Waals surface area contributed by atoms with E-state index in [-0.39, 0.29) is 29.0 Å². The van der Waals surface area contributed by atoms with Gasteiger partial charge in [-0.1, -0.05) is 0 Å². The molecule has 14 heteroatoms. The minimum Gasteiger partial charge on any atom is -0.479 e. The van der Waals surface area contributed by atoms with Gasteiger partial charge in [-0.3, -0.25) is 9.52 Å². The molecule has 0 aliphatic heterocycles. The summed E-state index contributed by atoms with van der Waals surface area (Å²) < 4.78 is 82.6. The van der Waals surface area contributed by atoms with Crippen molar-refractivity contribution in [3.05, 3.63) is 40.7 Å². The van der Waals surface area contributed by atoms with Gasteiger partial charge in [-0.15, -0.1) is 0 Å². The van der Waals surface area contributed by atoms with Gasteiger partial charge in [-0.25, -0.2) is 21.6 Å². The fourth-order valence-corrected chi connectivity index (χ4v) is 4.07. The summed E-state index contributed by atoms with van der Waals surface area (Å²) in [6, 6.07) is 2.13. The van der Waals surface area contributed by atoms with E-state index in [1.54, 1.807) is 0 Å². The third kappa shape index (κ3) is 4.80. The fraction of sp³-hybridized carbons (Fsp3) is 0.333. The van der Waals surface area contributed by atoms with Crippen molar-refractivity contribution in [2.24, 2.45) is 0 Å². The topological polar surface area (TPSA) is 125 Å². The highest BCUT2D eigenvalue weighted by molar-refractivity contribution is 7.93. The Kier molecular flexibility index (Phi) is 6.93. The van der Waals surface area contributed by atoms with Gasteiger partial charge in [0.1, 0.15) is 16.1 Å². The van der Waals surface area contributed by atoms with Crippen molar-refractivity contribution >= 4 is 26.6 Å². The molecule has 0 saturated carbocycles. The molecule has 0 aromatic carbocycles. The van der Waals surface area contributed by atoms with Gasteiger partial charge in [0, 0.05) is 37.5 Å². The van der Waals surface area contributed by atoms with Gasteiger partial charge in [0.15, 0.2) is 12.4 Å². The molecule has 0 amide bonds. The maximum Gasteiger partial charge on any atom is 0.274 e. The molecule has 3 aromatic heterocycles. The largest absolute Gasteiger partial charge is 0.479 e. The summed E-state index contributed by atoms with van der Waals surface area (Å²) in [4.78, 5) is 18.5. The van der Waals surface area contributed by atoms with Gasteiger partial charge >= 0.3 is 0 Å². The quantitative estimate of drug-likeness (QED) is 0.458. The van der Waals surface area contributed by atoms with Crippen LogP contribution in [-0.2, 0) is 21.3 Å². The molecule has 0 saturated heterocycles. The van der Waals surface area contributed by atoms with Crippen LogP contribution in [0.1, 0.15) is 0 Å². The van der Waals surface area contributed by atoms with Gasteiger partial charge < -0.3 is 23.8 Å². The van der Waals surface area contributed by atoms with Gasteiger partial charge in [0.25, 0.3) is 27.9 Å². The minimum absolute atomic E-state index is 0.0518. The number of halogens is 3. The van der Waals surface area contributed by atoms with Crippen LogP contribution in [0.5, 0.6) is 11.8 Å². The van der Waals surface area contributed by atoms with Crippen LogP contribution in [0.15, 0.2) is 34.2 Å². The molecule has 3 heterocycles. The summed E-state index contributed by atoms with van der Waals surface area (Å²) in [5.74, 6) is -2.35. The van der Waals surface area contributed by atoms with Crippen LogP contribution in [0.25, 0.3) is 10.9 Å². The number of hydrogen-bond donors (Lipinski definition) is 2. The summed E-state index contributed by atoms with van der Waals surface area (Å²) in [5, 5.41) is 0.112. The average Bonchev–Trinajstić information content (AvgIpc) is 3.18. The highest BCUT2D eigenvalue weighted by Gasteiger charge is 2.24. The number of H-pyrrole nitrogens is 1. The first-order chi connectivity index (χ1) is 15.2. The Hall–Kier alpha value is -3.26. The lowest BCUT2D eigenvalue weighted by Crippen LogP contribution is -2.22. The van der Waals surface area contributed by atoms with E-state index in [0.29, 0.717) is 6.07 Å². The lowest BCUT2D eigenvalue weighted by atomic mass is 10.3. The summed E-state index contributed by atoms with van der Waals surface area (Å²) in [7, 11) is -1.72. The fourth-order valence-electron chi connectivity index (χ4n) is 2.85. The second-order valence-electron chi connectivity index (χ2n) is 6.39. The molecule has 0 unspecified atom stereocenters. The highest BCUT2D eigenvalue weighted by atomic mass is 32.2. The minimum atomic E-state index is -4.33. The van der Waals surface area contributed by atoms with Crippen molar-refractivity contribution in [3.63, 3.8) is 0 Å². The normalized spacial score (nSPS) is 11.8. The highest BCUT2D eigenvalue weighted by Crippen LogP contribution is 2.31. The van der Waals surface area contributed by atoms with Crippen molar-refractivity contribution in [1.82, 2.24) is 14.5 Å². The molecule has 0 bridgehead atoms. The number of sulfonamides is 1. The lowest BCUT2D eigenvalue weighted by Gasteiger charge is -2.13. The molecule has 2 N–H and O–H groups in total. The Bertz CT molecular complexity index is 1280. The van der Waals surface area contributed by atoms with Crippen molar-refractivity contribution in [3.8, 4) is 11.8 Å². The number of fused-ring (bicyclic) bond motifs is 1. The number of hydrogen-bond acceptors (Lipinski definition) is 7. The van der Waals surface area contributed by atoms with E-state index in [0.717, 1.165) is 13.3 Å². The summed E-state index contributed by atoms with van der Waals surface area (Å²) in [5.41, 5.74) is -0.792. The van der Waals surface area contributed by atoms with Crippen LogP contribution in [0.4, 0.5) is 18.9 Å². The van der Waals surface area contributed by atoms with E-state index in [1.165, 1.54) is 23.9 Å². The Morgan fingerprint density at radius 3 is 2.69 bits per heavy atom. The number of anilines is 1. The van der Waals surface area contributed by atoms with E-state index >= 15 is 0 Å². The van der Waals surface area contributed by atoms with Crippen molar-refractivity contribution in [2.45, 2.75) is 17.9 Å². The number of pyridine rings is 2. The molecule has 0 atom stereocenters. The number of ether oxygens (including phenoxy) is 3. The molecular weight excluding hydrogens is 457 g/mol. The zero-order valence-corrected chi connectivity index (χ0v) is 17.7. The number of aromatic nitrogens is 3. The number of alkyl halides is 2. The lowest BCUT2D eigenvalue weighted by molar-refractivity contribution is 0.0770. The van der Waals surface area contributed by atoms with Crippen LogP contribution in [-0.4, -0.2) is 56.8 Å². The second-order valence-corrected chi connectivity index (χ2v) is 8.04. The maximum absolute atomic E-state index is 14.2. The molecule has 0 aliphatic carbocycles. The van der Waals surface area contributed by atoms with E-state index in [1.807, 2.05) is 0 Å². The zero-order valence-electron chi connectivity index (χ0n) is 16.9. The molecular formula is C18H19F3N4O6S. The Balaban J connectivity index is 1.95. The monoisotopic (exact) mass is 476 g/mol. The Morgan fingerprint density at radius 1 is 1.28 bits per heavy atom. The van der Waals surface area contributed by atoms with E-state index in [9.17, 15) is 26.4 Å². The third-order valence-corrected chi connectivity index (χ3v) is 5.70. The number of methoxy groups -OCH3 is 2. The van der Waals surface area contributed by atoms with Crippen LogP contribution in [0.2, 0.25) is 0 Å². The molecule has 10 nitrogen and oxygen atoms in total. The maximum atomic E-state index is 14.2. The predicted octanol–water partition coefficient (Wildman–Crippen LogP) is 1.96. The smallest absolute Gasteiger partial charge is 0.274 e. The average molecular weight is 476 g/mol. The van der Waals surface area contributed by atoms with E-state index in [4.69, 9.17) is 9.47 Å². The van der Waals surface area contributed by atoms with Crippen LogP contribution in [0, 0.1) is 5.82 Å². The van der Waals surface area contributed by atoms with Crippen LogP contribution in [0.3, 0.4) is 0 Å². The number of rotatable bonds is 10. The van der Waals surface area contributed by atoms with E-state index in [2.05, 4.69) is 19.4 Å². The van der Waals surface area contributed by atoms with Crippen molar-refractivity contribution in [2.75, 3.05) is 32.2 Å². The molecule has 0 radical (unpaired) electrons. The van der Waals surface area contributed by atoms with Crippen molar-refractivity contribution in [1.29, 1.82) is 0 Å². The number of nitrogens with one attached hydrogen (secondary N) is 2. The van der Waals surface area contributed by atoms with Gasteiger partial charge in [0.2, 0.25) is 5.88 Å². The molecule has 32 heavy (non-hydrogen) atoms. The zero-order chi connectivity index (χ0) is 23.5. The van der Waals surface area contributed by atoms with Gasteiger partial charge in [-0.2, -0.15) is 4.98 Å². The first-order valence-corrected chi connectivity index (χ1v) is 10.5. The number of aromatic amines is 1. The molecule has 3 rings (SSSR count). The second kappa shape index (κ2) is 9.48. The first-order valence-electron chi connectivity index (χ1n) is 9.05. The summed E-state index contributed by atoms with van der Waals surface area (Å²) >= 11 is 0. The Morgan fingerprint density at radius 2 is 2.03 bits per heavy atom. The van der Waals surface area contributed by atoms with Crippen molar-refractivity contribution < 1.29 is 35.8 Å². The first kappa shape index (κ1) is 23.4. The van der Waals surface area contributed by atoms with Gasteiger partial charge in [-0.05, 0) is 6.07 Å². The molecule has 3 aromatic rings. The third-order valence-electron chi connectivity index (χ3n) is 4.30. The van der Waals surface area contributed by atoms with E-state index < -0.39 is 51.9 Å².